The number of hydrogen-bond acceptors (Lipinski definition) is 3. The smallest absolute Gasteiger partial charge is 0.222 e. The molecule has 0 radical (unpaired) electrons. The van der Waals surface area contributed by atoms with Gasteiger partial charge in [-0.3, -0.25) is 4.72 Å². The van der Waals surface area contributed by atoms with E-state index in [4.69, 9.17) is 5.26 Å². The molecule has 0 saturated heterocycles. The number of nitrogens with zero attached hydrogens (tertiary/aromatic N) is 1. The molecule has 1 N–H and O–H groups in total. The van der Waals surface area contributed by atoms with Crippen molar-refractivity contribution >= 4 is 16.6 Å². The summed E-state index contributed by atoms with van der Waals surface area (Å²) in [5.74, 6) is 0.312. The minimum absolute atomic E-state index is 0.312. The first-order valence-electron chi connectivity index (χ1n) is 4.49. The lowest BCUT2D eigenvalue weighted by Crippen LogP contribution is -1.99. The van der Waals surface area contributed by atoms with Gasteiger partial charge in [0.2, 0.25) is 10.9 Å². The number of hydrogen-bond donors (Lipinski definition) is 2. The molecule has 0 aliphatic carbocycles. The lowest BCUT2D eigenvalue weighted by molar-refractivity contribution is 0.619. The van der Waals surface area contributed by atoms with Gasteiger partial charge in [-0.1, -0.05) is 19.9 Å². The van der Waals surface area contributed by atoms with Crippen LogP contribution in [0.2, 0.25) is 0 Å². The first-order valence-corrected chi connectivity index (χ1v) is 5.67. The molecule has 80 valence electrons. The molecule has 1 aromatic rings. The van der Waals surface area contributed by atoms with Crippen LogP contribution in [0.3, 0.4) is 0 Å². The normalized spacial score (nSPS) is 10.3. The maximum absolute atomic E-state index is 10.5. The zero-order valence-electron chi connectivity index (χ0n) is 8.52. The van der Waals surface area contributed by atoms with Gasteiger partial charge in [-0.25, -0.2) is 8.42 Å². The van der Waals surface area contributed by atoms with E-state index in [9.17, 15) is 8.42 Å². The molecule has 5 heteroatoms. The van der Waals surface area contributed by atoms with E-state index in [2.05, 4.69) is 4.72 Å². The predicted octanol–water partition coefficient (Wildman–Crippen LogP) is 1.62. The van der Waals surface area contributed by atoms with E-state index < -0.39 is 10.9 Å². The summed E-state index contributed by atoms with van der Waals surface area (Å²) in [5.41, 5.74) is 1.69. The van der Waals surface area contributed by atoms with Crippen molar-refractivity contribution in [3.8, 4) is 6.07 Å². The largest absolute Gasteiger partial charge is 0.284 e. The molecule has 4 nitrogen and oxygen atoms in total. The second kappa shape index (κ2) is 4.80. The molecule has 0 bridgehead atoms. The monoisotopic (exact) mass is 224 g/mol. The Kier molecular flexibility index (Phi) is 3.69. The van der Waals surface area contributed by atoms with Gasteiger partial charge in [-0.2, -0.15) is 5.26 Å². The minimum Gasteiger partial charge on any atom is -0.284 e. The van der Waals surface area contributed by atoms with Gasteiger partial charge in [0, 0.05) is 0 Å². The van der Waals surface area contributed by atoms with Gasteiger partial charge in [0.05, 0.1) is 11.3 Å². The van der Waals surface area contributed by atoms with Gasteiger partial charge >= 0.3 is 0 Å². The van der Waals surface area contributed by atoms with Gasteiger partial charge in [0.25, 0.3) is 0 Å². The topological polar surface area (TPSA) is 70.0 Å². The van der Waals surface area contributed by atoms with Gasteiger partial charge in [0.1, 0.15) is 6.07 Å². The third-order valence-electron chi connectivity index (χ3n) is 2.04. The third kappa shape index (κ3) is 2.96. The van der Waals surface area contributed by atoms with Crippen LogP contribution >= 0.6 is 0 Å². The number of rotatable bonds is 3. The van der Waals surface area contributed by atoms with Crippen molar-refractivity contribution < 1.29 is 8.42 Å². The first-order chi connectivity index (χ1) is 7.04. The summed E-state index contributed by atoms with van der Waals surface area (Å²) in [6.07, 6.45) is 0. The highest BCUT2D eigenvalue weighted by Crippen LogP contribution is 2.21. The summed E-state index contributed by atoms with van der Waals surface area (Å²) in [4.78, 5) is 0. The van der Waals surface area contributed by atoms with Crippen LogP contribution in [0.4, 0.5) is 5.69 Å². The standard InChI is InChI=1S/C10H12N2O2S/c1-7(2)8-3-4-10(12-15(13)14)9(5-8)6-11/h3-5,7,15H,1-2H3,(H,12,13,14). The highest BCUT2D eigenvalue weighted by atomic mass is 32.2. The van der Waals surface area contributed by atoms with E-state index in [1.807, 2.05) is 26.0 Å². The second-order valence-electron chi connectivity index (χ2n) is 3.44. The van der Waals surface area contributed by atoms with E-state index >= 15 is 0 Å². The number of thiol groups is 1. The molecule has 0 atom stereocenters. The minimum atomic E-state index is -2.72. The lowest BCUT2D eigenvalue weighted by Gasteiger charge is -2.08. The Morgan fingerprint density at radius 3 is 2.53 bits per heavy atom. The van der Waals surface area contributed by atoms with Crippen molar-refractivity contribution in [2.24, 2.45) is 0 Å². The van der Waals surface area contributed by atoms with Crippen molar-refractivity contribution in [3.05, 3.63) is 29.3 Å². The van der Waals surface area contributed by atoms with Crippen molar-refractivity contribution in [2.75, 3.05) is 4.72 Å². The van der Waals surface area contributed by atoms with Crippen molar-refractivity contribution in [1.29, 1.82) is 5.26 Å². The van der Waals surface area contributed by atoms with Crippen molar-refractivity contribution in [2.45, 2.75) is 19.8 Å². The quantitative estimate of drug-likeness (QED) is 0.766. The first kappa shape index (κ1) is 11.5. The Balaban J connectivity index is 3.16. The van der Waals surface area contributed by atoms with Crippen LogP contribution < -0.4 is 4.72 Å². The van der Waals surface area contributed by atoms with Crippen molar-refractivity contribution in [1.82, 2.24) is 0 Å². The third-order valence-corrected chi connectivity index (χ3v) is 2.47. The van der Waals surface area contributed by atoms with E-state index in [-0.39, 0.29) is 0 Å². The molecular weight excluding hydrogens is 212 g/mol. The molecule has 0 unspecified atom stereocenters. The maximum atomic E-state index is 10.5. The summed E-state index contributed by atoms with van der Waals surface area (Å²) in [5, 5.41) is 8.85. The highest BCUT2D eigenvalue weighted by Gasteiger charge is 2.05. The molecule has 1 aromatic carbocycles. The molecule has 0 fully saturated rings. The van der Waals surface area contributed by atoms with Crippen LogP contribution in [-0.2, 0) is 10.9 Å². The molecule has 0 aromatic heterocycles. The summed E-state index contributed by atoms with van der Waals surface area (Å²) in [7, 11) is -2.72. The molecule has 0 spiro atoms. The molecule has 0 saturated carbocycles. The molecule has 0 heterocycles. The zero-order valence-corrected chi connectivity index (χ0v) is 9.41. The van der Waals surface area contributed by atoms with E-state index in [0.29, 0.717) is 17.2 Å². The fourth-order valence-corrected chi connectivity index (χ4v) is 1.60. The number of anilines is 1. The molecule has 0 amide bonds. The van der Waals surface area contributed by atoms with Crippen LogP contribution in [0.15, 0.2) is 18.2 Å². The Hall–Kier alpha value is -1.54. The van der Waals surface area contributed by atoms with Gasteiger partial charge in [-0.05, 0) is 23.6 Å². The number of benzene rings is 1. The Bertz CT molecular complexity index is 465. The Morgan fingerprint density at radius 1 is 1.40 bits per heavy atom. The average molecular weight is 224 g/mol. The maximum Gasteiger partial charge on any atom is 0.222 e. The molecule has 0 aliphatic heterocycles. The van der Waals surface area contributed by atoms with Gasteiger partial charge in [0.15, 0.2) is 0 Å². The van der Waals surface area contributed by atoms with E-state index in [1.165, 1.54) is 0 Å². The molecule has 0 aliphatic rings. The molecular formula is C10H12N2O2S. The summed E-state index contributed by atoms with van der Waals surface area (Å²) < 4.78 is 23.2. The SMILES string of the molecule is CC(C)c1ccc(N[SH](=O)=O)c(C#N)c1. The van der Waals surface area contributed by atoms with Crippen LogP contribution in [0, 0.1) is 11.3 Å². The number of nitrogens with one attached hydrogen (secondary N) is 1. The van der Waals surface area contributed by atoms with Gasteiger partial charge in [-0.15, -0.1) is 0 Å². The average Bonchev–Trinajstić information content (AvgIpc) is 2.17. The molecule has 1 rings (SSSR count). The summed E-state index contributed by atoms with van der Waals surface area (Å²) >= 11 is 0. The molecule has 15 heavy (non-hydrogen) atoms. The summed E-state index contributed by atoms with van der Waals surface area (Å²) in [6.45, 7) is 4.02. The van der Waals surface area contributed by atoms with Crippen LogP contribution in [0.25, 0.3) is 0 Å². The summed E-state index contributed by atoms with van der Waals surface area (Å²) in [6, 6.07) is 7.09. The highest BCUT2D eigenvalue weighted by molar-refractivity contribution is 7.73. The van der Waals surface area contributed by atoms with Crippen LogP contribution in [-0.4, -0.2) is 8.42 Å². The second-order valence-corrected chi connectivity index (χ2v) is 4.18. The fourth-order valence-electron chi connectivity index (χ4n) is 1.21. The zero-order chi connectivity index (χ0) is 11.4. The van der Waals surface area contributed by atoms with Crippen LogP contribution in [0.5, 0.6) is 0 Å². The Labute approximate surface area is 90.6 Å². The Morgan fingerprint density at radius 2 is 2.07 bits per heavy atom. The fraction of sp³-hybridized carbons (Fsp3) is 0.300. The van der Waals surface area contributed by atoms with Gasteiger partial charge < -0.3 is 0 Å². The predicted molar refractivity (Wildman–Crippen MR) is 59.2 cm³/mol. The lowest BCUT2D eigenvalue weighted by atomic mass is 10.0. The van der Waals surface area contributed by atoms with E-state index in [1.54, 1.807) is 12.1 Å². The van der Waals surface area contributed by atoms with Crippen LogP contribution in [0.1, 0.15) is 30.9 Å². The number of nitriles is 1. The van der Waals surface area contributed by atoms with E-state index in [0.717, 1.165) is 5.56 Å². The van der Waals surface area contributed by atoms with Crippen molar-refractivity contribution in [3.63, 3.8) is 0 Å².